The minimum atomic E-state index is 1.20. The molecule has 0 heterocycles. The molecule has 0 spiro atoms. The zero-order chi connectivity index (χ0) is 16.8. The maximum atomic E-state index is 2.34. The molecule has 0 nitrogen and oxygen atoms in total. The summed E-state index contributed by atoms with van der Waals surface area (Å²) in [5.41, 5.74) is 3.13. The van der Waals surface area contributed by atoms with Gasteiger partial charge in [-0.25, -0.2) is 0 Å². The maximum Gasteiger partial charge on any atom is -0.0143 e. The molecule has 3 rings (SSSR count). The first kappa shape index (κ1) is 17.0. The van der Waals surface area contributed by atoms with E-state index >= 15 is 0 Å². The summed E-state index contributed by atoms with van der Waals surface area (Å²) in [5.74, 6) is 0. The second-order valence-corrected chi connectivity index (χ2v) is 6.96. The van der Waals surface area contributed by atoms with E-state index in [2.05, 4.69) is 62.4 Å². The minimum absolute atomic E-state index is 1.20. The predicted octanol–water partition coefficient (Wildman–Crippen LogP) is 7.46. The molecule has 0 saturated carbocycles. The molecule has 0 atom stereocenters. The van der Waals surface area contributed by atoms with Gasteiger partial charge in [-0.05, 0) is 58.4 Å². The summed E-state index contributed by atoms with van der Waals surface area (Å²) in [6, 6.07) is 18.2. The summed E-state index contributed by atoms with van der Waals surface area (Å²) in [4.78, 5) is 0. The van der Waals surface area contributed by atoms with Crippen LogP contribution in [-0.4, -0.2) is 0 Å². The van der Waals surface area contributed by atoms with Gasteiger partial charge in [0.15, 0.2) is 0 Å². The number of fused-ring (bicyclic) bond motifs is 2. The van der Waals surface area contributed by atoms with E-state index in [4.69, 9.17) is 0 Å². The van der Waals surface area contributed by atoms with Crippen LogP contribution < -0.4 is 0 Å². The fraction of sp³-hybridized carbons (Fsp3) is 0.417. The highest BCUT2D eigenvalue weighted by Crippen LogP contribution is 2.34. The number of benzene rings is 3. The second-order valence-electron chi connectivity index (χ2n) is 6.96. The molecule has 0 fully saturated rings. The molecule has 0 unspecified atom stereocenters. The summed E-state index contributed by atoms with van der Waals surface area (Å²) >= 11 is 0. The molecule has 0 bridgehead atoms. The molecule has 0 N–H and O–H groups in total. The first-order chi connectivity index (χ1) is 11.9. The van der Waals surface area contributed by atoms with E-state index in [0.717, 1.165) is 0 Å². The van der Waals surface area contributed by atoms with Gasteiger partial charge < -0.3 is 0 Å². The van der Waals surface area contributed by atoms with E-state index in [-0.39, 0.29) is 0 Å². The van der Waals surface area contributed by atoms with E-state index in [1.54, 1.807) is 11.1 Å². The lowest BCUT2D eigenvalue weighted by molar-refractivity contribution is 0.719. The Morgan fingerprint density at radius 3 is 1.12 bits per heavy atom. The summed E-state index contributed by atoms with van der Waals surface area (Å²) < 4.78 is 0. The molecule has 0 amide bonds. The highest BCUT2D eigenvalue weighted by Gasteiger charge is 2.12. The van der Waals surface area contributed by atoms with Crippen molar-refractivity contribution in [1.82, 2.24) is 0 Å². The Balaban J connectivity index is 2.17. The van der Waals surface area contributed by atoms with E-state index in [0.29, 0.717) is 0 Å². The lowest BCUT2D eigenvalue weighted by Gasteiger charge is -2.17. The molecule has 3 aromatic carbocycles. The third-order valence-electron chi connectivity index (χ3n) is 5.22. The molecule has 126 valence electrons. The number of rotatable bonds is 8. The fourth-order valence-electron chi connectivity index (χ4n) is 3.95. The topological polar surface area (TPSA) is 0 Å². The van der Waals surface area contributed by atoms with Gasteiger partial charge in [0.25, 0.3) is 0 Å². The van der Waals surface area contributed by atoms with Crippen LogP contribution in [0.25, 0.3) is 21.5 Å². The van der Waals surface area contributed by atoms with Gasteiger partial charge in [-0.2, -0.15) is 0 Å². The number of aryl methyl sites for hydroxylation is 2. The minimum Gasteiger partial charge on any atom is -0.0654 e. The Hall–Kier alpha value is -1.82. The third kappa shape index (κ3) is 3.48. The van der Waals surface area contributed by atoms with Gasteiger partial charge in [0.05, 0.1) is 0 Å². The van der Waals surface area contributed by atoms with Crippen molar-refractivity contribution in [2.24, 2.45) is 0 Å². The Kier molecular flexibility index (Phi) is 5.91. The van der Waals surface area contributed by atoms with Gasteiger partial charge >= 0.3 is 0 Å². The molecule has 0 aliphatic carbocycles. The zero-order valence-corrected chi connectivity index (χ0v) is 15.3. The third-order valence-corrected chi connectivity index (χ3v) is 5.22. The van der Waals surface area contributed by atoms with E-state index < -0.39 is 0 Å². The van der Waals surface area contributed by atoms with E-state index in [1.165, 1.54) is 72.9 Å². The quantitative estimate of drug-likeness (QED) is 0.299. The molecular weight excluding hydrogens is 288 g/mol. The summed E-state index contributed by atoms with van der Waals surface area (Å²) in [5, 5.41) is 5.94. The van der Waals surface area contributed by atoms with Gasteiger partial charge in [0.1, 0.15) is 0 Å². The number of hydrogen-bond donors (Lipinski definition) is 0. The SMILES string of the molecule is CCCCCc1c2ccccc2c(CCCCC)c2ccccc12. The molecule has 0 aliphatic heterocycles. The normalized spacial score (nSPS) is 11.4. The smallest absolute Gasteiger partial charge is 0.0143 e. The van der Waals surface area contributed by atoms with Crippen molar-refractivity contribution >= 4 is 21.5 Å². The molecular formula is C24H30. The average molecular weight is 319 g/mol. The van der Waals surface area contributed by atoms with Gasteiger partial charge in [0, 0.05) is 0 Å². The van der Waals surface area contributed by atoms with Crippen LogP contribution in [0.4, 0.5) is 0 Å². The molecule has 0 saturated heterocycles. The van der Waals surface area contributed by atoms with Crippen LogP contribution in [0.1, 0.15) is 63.5 Å². The standard InChI is InChI=1S/C24H30/c1-3-5-7-13-19-21-15-9-11-17-23(21)20(14-8-6-4-2)24-18-12-10-16-22(19)24/h9-12,15-18H,3-8,13-14H2,1-2H3. The van der Waals surface area contributed by atoms with Gasteiger partial charge in [-0.1, -0.05) is 88.1 Å². The van der Waals surface area contributed by atoms with Crippen LogP contribution >= 0.6 is 0 Å². The van der Waals surface area contributed by atoms with Crippen molar-refractivity contribution in [3.8, 4) is 0 Å². The first-order valence-electron chi connectivity index (χ1n) is 9.78. The van der Waals surface area contributed by atoms with Gasteiger partial charge in [0.2, 0.25) is 0 Å². The van der Waals surface area contributed by atoms with Crippen molar-refractivity contribution in [2.45, 2.75) is 65.2 Å². The molecule has 24 heavy (non-hydrogen) atoms. The molecule has 0 heteroatoms. The maximum absolute atomic E-state index is 2.34. The Bertz CT molecular complexity index is 673. The van der Waals surface area contributed by atoms with Crippen LogP contribution in [0.5, 0.6) is 0 Å². The van der Waals surface area contributed by atoms with Crippen molar-refractivity contribution in [3.63, 3.8) is 0 Å². The highest BCUT2D eigenvalue weighted by atomic mass is 14.2. The Morgan fingerprint density at radius 2 is 0.833 bits per heavy atom. The largest absolute Gasteiger partial charge is 0.0654 e. The molecule has 0 aliphatic rings. The molecule has 0 radical (unpaired) electrons. The summed E-state index contributed by atoms with van der Waals surface area (Å²) in [6.07, 6.45) is 10.2. The Labute approximate surface area is 146 Å². The van der Waals surface area contributed by atoms with Crippen LogP contribution in [0.3, 0.4) is 0 Å². The highest BCUT2D eigenvalue weighted by molar-refractivity contribution is 6.05. The van der Waals surface area contributed by atoms with Gasteiger partial charge in [-0.15, -0.1) is 0 Å². The van der Waals surface area contributed by atoms with Crippen LogP contribution in [0, 0.1) is 0 Å². The lowest BCUT2D eigenvalue weighted by atomic mass is 9.87. The first-order valence-corrected chi connectivity index (χ1v) is 9.78. The molecule has 0 aromatic heterocycles. The Morgan fingerprint density at radius 1 is 0.500 bits per heavy atom. The average Bonchev–Trinajstić information content (AvgIpc) is 2.63. The summed E-state index contributed by atoms with van der Waals surface area (Å²) in [7, 11) is 0. The zero-order valence-electron chi connectivity index (χ0n) is 15.3. The predicted molar refractivity (Wildman–Crippen MR) is 108 cm³/mol. The van der Waals surface area contributed by atoms with Crippen molar-refractivity contribution in [3.05, 3.63) is 59.7 Å². The van der Waals surface area contributed by atoms with Crippen molar-refractivity contribution in [2.75, 3.05) is 0 Å². The van der Waals surface area contributed by atoms with Gasteiger partial charge in [-0.3, -0.25) is 0 Å². The lowest BCUT2D eigenvalue weighted by Crippen LogP contribution is -1.97. The van der Waals surface area contributed by atoms with Crippen LogP contribution in [0.15, 0.2) is 48.5 Å². The van der Waals surface area contributed by atoms with Crippen LogP contribution in [0.2, 0.25) is 0 Å². The van der Waals surface area contributed by atoms with Crippen molar-refractivity contribution in [1.29, 1.82) is 0 Å². The van der Waals surface area contributed by atoms with E-state index in [1.807, 2.05) is 0 Å². The second kappa shape index (κ2) is 8.33. The number of hydrogen-bond acceptors (Lipinski definition) is 0. The van der Waals surface area contributed by atoms with E-state index in [9.17, 15) is 0 Å². The molecule has 3 aromatic rings. The summed E-state index contributed by atoms with van der Waals surface area (Å²) in [6.45, 7) is 4.57. The van der Waals surface area contributed by atoms with Crippen molar-refractivity contribution < 1.29 is 0 Å². The monoisotopic (exact) mass is 318 g/mol. The van der Waals surface area contributed by atoms with Crippen LogP contribution in [-0.2, 0) is 12.8 Å². The fourth-order valence-corrected chi connectivity index (χ4v) is 3.95. The number of unbranched alkanes of at least 4 members (excludes halogenated alkanes) is 4.